The van der Waals surface area contributed by atoms with E-state index in [-0.39, 0.29) is 12.0 Å². The second-order valence-corrected chi connectivity index (χ2v) is 6.20. The minimum absolute atomic E-state index is 0.0371. The maximum atomic E-state index is 12.3. The van der Waals surface area contributed by atoms with Crippen molar-refractivity contribution in [3.05, 3.63) is 53.6 Å². The summed E-state index contributed by atoms with van der Waals surface area (Å²) in [7, 11) is 1.48. The van der Waals surface area contributed by atoms with Crippen molar-refractivity contribution in [2.24, 2.45) is 0 Å². The molecule has 0 saturated heterocycles. The summed E-state index contributed by atoms with van der Waals surface area (Å²) >= 11 is 0. The molecule has 0 bridgehead atoms. The van der Waals surface area contributed by atoms with E-state index >= 15 is 0 Å². The summed E-state index contributed by atoms with van der Waals surface area (Å²) in [6.45, 7) is 5.17. The lowest BCUT2D eigenvalue weighted by atomic mass is 10.2. The van der Waals surface area contributed by atoms with Gasteiger partial charge in [-0.15, -0.1) is 0 Å². The molecule has 0 unspecified atom stereocenters. The zero-order chi connectivity index (χ0) is 20.7. The lowest BCUT2D eigenvalue weighted by Crippen LogP contribution is -2.41. The topological polar surface area (TPSA) is 106 Å². The van der Waals surface area contributed by atoms with Gasteiger partial charge in [0, 0.05) is 23.7 Å². The van der Waals surface area contributed by atoms with Gasteiger partial charge in [-0.25, -0.2) is 0 Å². The number of carbonyl (C=O) groups excluding carboxylic acids is 3. The first kappa shape index (κ1) is 20.8. The van der Waals surface area contributed by atoms with Crippen molar-refractivity contribution in [1.82, 2.24) is 10.9 Å². The van der Waals surface area contributed by atoms with Crippen LogP contribution in [0, 0.1) is 0 Å². The third kappa shape index (κ3) is 5.73. The summed E-state index contributed by atoms with van der Waals surface area (Å²) < 4.78 is 10.9. The molecule has 0 radical (unpaired) electrons. The number of nitrogens with one attached hydrogen (secondary N) is 3. The lowest BCUT2D eigenvalue weighted by Gasteiger charge is -2.14. The molecule has 148 valence electrons. The zero-order valence-corrected chi connectivity index (χ0v) is 16.2. The molecule has 8 heteroatoms. The van der Waals surface area contributed by atoms with E-state index in [0.29, 0.717) is 28.3 Å². The SMILES string of the molecule is COc1cc(C(=O)NNC(=O)c2ccc(NC(C)=O)cc2)ccc1OC(C)C. The predicted molar refractivity (Wildman–Crippen MR) is 104 cm³/mol. The van der Waals surface area contributed by atoms with Crippen LogP contribution in [0.3, 0.4) is 0 Å². The first-order chi connectivity index (χ1) is 13.3. The second kappa shape index (κ2) is 9.40. The van der Waals surface area contributed by atoms with Crippen LogP contribution in [0.4, 0.5) is 5.69 Å². The van der Waals surface area contributed by atoms with E-state index in [0.717, 1.165) is 0 Å². The molecular weight excluding hydrogens is 362 g/mol. The smallest absolute Gasteiger partial charge is 0.269 e. The van der Waals surface area contributed by atoms with E-state index in [1.54, 1.807) is 24.3 Å². The quantitative estimate of drug-likeness (QED) is 0.663. The van der Waals surface area contributed by atoms with Crippen molar-refractivity contribution in [3.8, 4) is 11.5 Å². The number of rotatable bonds is 6. The zero-order valence-electron chi connectivity index (χ0n) is 16.2. The molecule has 8 nitrogen and oxygen atoms in total. The van der Waals surface area contributed by atoms with Crippen LogP contribution < -0.4 is 25.6 Å². The van der Waals surface area contributed by atoms with Crippen molar-refractivity contribution < 1.29 is 23.9 Å². The molecule has 0 heterocycles. The van der Waals surface area contributed by atoms with Gasteiger partial charge in [-0.2, -0.15) is 0 Å². The van der Waals surface area contributed by atoms with Gasteiger partial charge >= 0.3 is 0 Å². The summed E-state index contributed by atoms with van der Waals surface area (Å²) in [5.41, 5.74) is 5.89. The first-order valence-corrected chi connectivity index (χ1v) is 8.63. The van der Waals surface area contributed by atoms with Gasteiger partial charge in [0.2, 0.25) is 5.91 Å². The molecule has 0 aliphatic heterocycles. The van der Waals surface area contributed by atoms with Gasteiger partial charge in [0.05, 0.1) is 13.2 Å². The minimum atomic E-state index is -0.502. The first-order valence-electron chi connectivity index (χ1n) is 8.63. The third-order valence-electron chi connectivity index (χ3n) is 3.55. The number of hydrogen-bond donors (Lipinski definition) is 3. The van der Waals surface area contributed by atoms with Gasteiger partial charge in [-0.3, -0.25) is 25.2 Å². The van der Waals surface area contributed by atoms with E-state index in [1.807, 2.05) is 13.8 Å². The van der Waals surface area contributed by atoms with Crippen LogP contribution in [-0.2, 0) is 4.79 Å². The third-order valence-corrected chi connectivity index (χ3v) is 3.55. The Morgan fingerprint density at radius 3 is 1.96 bits per heavy atom. The standard InChI is InChI=1S/C20H23N3O5/c1-12(2)28-17-10-7-15(11-18(17)27-4)20(26)23-22-19(25)14-5-8-16(9-6-14)21-13(3)24/h5-12H,1-4H3,(H,21,24)(H,22,25)(H,23,26). The van der Waals surface area contributed by atoms with E-state index in [4.69, 9.17) is 9.47 Å². The largest absolute Gasteiger partial charge is 0.493 e. The number of benzene rings is 2. The van der Waals surface area contributed by atoms with E-state index in [2.05, 4.69) is 16.2 Å². The van der Waals surface area contributed by atoms with E-state index in [9.17, 15) is 14.4 Å². The maximum Gasteiger partial charge on any atom is 0.269 e. The van der Waals surface area contributed by atoms with Gasteiger partial charge in [-0.1, -0.05) is 0 Å². The Balaban J connectivity index is 1.99. The van der Waals surface area contributed by atoms with Crippen LogP contribution >= 0.6 is 0 Å². The molecule has 2 aromatic carbocycles. The Kier molecular flexibility index (Phi) is 6.97. The van der Waals surface area contributed by atoms with Crippen LogP contribution in [0.2, 0.25) is 0 Å². The van der Waals surface area contributed by atoms with E-state index in [1.165, 1.54) is 32.2 Å². The van der Waals surface area contributed by atoms with Crippen LogP contribution in [-0.4, -0.2) is 30.9 Å². The molecule has 2 aromatic rings. The van der Waals surface area contributed by atoms with Crippen LogP contribution in [0.1, 0.15) is 41.5 Å². The molecule has 0 aliphatic carbocycles. The number of methoxy groups -OCH3 is 1. The van der Waals surface area contributed by atoms with Crippen molar-refractivity contribution in [2.45, 2.75) is 26.9 Å². The van der Waals surface area contributed by atoms with Crippen LogP contribution in [0.25, 0.3) is 0 Å². The van der Waals surface area contributed by atoms with Crippen LogP contribution in [0.15, 0.2) is 42.5 Å². The van der Waals surface area contributed by atoms with Gasteiger partial charge < -0.3 is 14.8 Å². The number of ether oxygens (including phenoxy) is 2. The van der Waals surface area contributed by atoms with Gasteiger partial charge in [-0.05, 0) is 56.3 Å². The van der Waals surface area contributed by atoms with Crippen molar-refractivity contribution in [1.29, 1.82) is 0 Å². The van der Waals surface area contributed by atoms with Crippen molar-refractivity contribution >= 4 is 23.4 Å². The number of hydrogen-bond acceptors (Lipinski definition) is 5. The molecule has 0 aliphatic rings. The van der Waals surface area contributed by atoms with Crippen LogP contribution in [0.5, 0.6) is 11.5 Å². The summed E-state index contributed by atoms with van der Waals surface area (Å²) in [6, 6.07) is 11.0. The fourth-order valence-corrected chi connectivity index (χ4v) is 2.33. The Morgan fingerprint density at radius 1 is 0.857 bits per heavy atom. The molecule has 0 aromatic heterocycles. The number of carbonyl (C=O) groups is 3. The lowest BCUT2D eigenvalue weighted by molar-refractivity contribution is -0.114. The average molecular weight is 385 g/mol. The second-order valence-electron chi connectivity index (χ2n) is 6.20. The van der Waals surface area contributed by atoms with Crippen molar-refractivity contribution in [2.75, 3.05) is 12.4 Å². The van der Waals surface area contributed by atoms with Gasteiger partial charge in [0.1, 0.15) is 0 Å². The van der Waals surface area contributed by atoms with E-state index < -0.39 is 11.8 Å². The molecule has 0 atom stereocenters. The normalized spacial score (nSPS) is 10.2. The summed E-state index contributed by atoms with van der Waals surface area (Å²) in [6.07, 6.45) is -0.0371. The number of anilines is 1. The fraction of sp³-hybridized carbons (Fsp3) is 0.250. The molecule has 3 amide bonds. The maximum absolute atomic E-state index is 12.3. The Hall–Kier alpha value is -3.55. The highest BCUT2D eigenvalue weighted by molar-refractivity contribution is 5.99. The molecule has 28 heavy (non-hydrogen) atoms. The highest BCUT2D eigenvalue weighted by Crippen LogP contribution is 2.28. The molecule has 2 rings (SSSR count). The summed E-state index contributed by atoms with van der Waals surface area (Å²) in [5.74, 6) is -0.254. The highest BCUT2D eigenvalue weighted by Gasteiger charge is 2.13. The molecule has 0 saturated carbocycles. The Labute approximate surface area is 163 Å². The molecular formula is C20H23N3O5. The van der Waals surface area contributed by atoms with Crippen molar-refractivity contribution in [3.63, 3.8) is 0 Å². The average Bonchev–Trinajstić information content (AvgIpc) is 2.65. The van der Waals surface area contributed by atoms with Gasteiger partial charge in [0.15, 0.2) is 11.5 Å². The molecule has 3 N–H and O–H groups in total. The number of amides is 3. The predicted octanol–water partition coefficient (Wildman–Crippen LogP) is 2.52. The highest BCUT2D eigenvalue weighted by atomic mass is 16.5. The monoisotopic (exact) mass is 385 g/mol. The Bertz CT molecular complexity index is 863. The fourth-order valence-electron chi connectivity index (χ4n) is 2.33. The number of hydrazine groups is 1. The summed E-state index contributed by atoms with van der Waals surface area (Å²) in [4.78, 5) is 35.5. The molecule has 0 spiro atoms. The Morgan fingerprint density at radius 2 is 1.43 bits per heavy atom. The molecule has 0 fully saturated rings. The minimum Gasteiger partial charge on any atom is -0.493 e. The summed E-state index contributed by atoms with van der Waals surface area (Å²) in [5, 5.41) is 2.61. The van der Waals surface area contributed by atoms with Gasteiger partial charge in [0.25, 0.3) is 11.8 Å².